The van der Waals surface area contributed by atoms with Crippen LogP contribution in [0, 0.1) is 0 Å². The van der Waals surface area contributed by atoms with E-state index in [1.807, 2.05) is 24.5 Å². The lowest BCUT2D eigenvalue weighted by molar-refractivity contribution is 0.642. The van der Waals surface area contributed by atoms with Gasteiger partial charge in [-0.1, -0.05) is 106 Å². The number of nitrogens with zero attached hydrogens (tertiary/aromatic N) is 4. The number of pyridine rings is 2. The minimum atomic E-state index is -1.96. The summed E-state index contributed by atoms with van der Waals surface area (Å²) in [7, 11) is -3.91. The quantitative estimate of drug-likeness (QED) is 0.409. The molecule has 6 heteroatoms. The normalized spacial score (nSPS) is 15.7. The predicted molar refractivity (Wildman–Crippen MR) is 135 cm³/mol. The highest BCUT2D eigenvalue weighted by molar-refractivity contribution is 6.85. The fourth-order valence-electron chi connectivity index (χ4n) is 2.78. The smallest absolute Gasteiger partial charge is 0.0270 e. The minimum Gasteiger partial charge on any atom is -0.657 e. The molecular weight excluding hydrogens is 400 g/mol. The van der Waals surface area contributed by atoms with Crippen LogP contribution in [-0.2, 0) is 0 Å². The summed E-state index contributed by atoms with van der Waals surface area (Å²) in [5.74, 6) is 0. The summed E-state index contributed by atoms with van der Waals surface area (Å²) in [4.78, 5) is 20.6. The molecule has 0 N–H and O–H groups in total. The van der Waals surface area contributed by atoms with Gasteiger partial charge in [-0.2, -0.15) is 0 Å². The highest BCUT2D eigenvalue weighted by Gasteiger charge is 2.31. The van der Waals surface area contributed by atoms with Crippen LogP contribution in [0.3, 0.4) is 0 Å². The number of hydrogen-bond donors (Lipinski definition) is 0. The predicted octanol–water partition coefficient (Wildman–Crippen LogP) is 8.02. The van der Waals surface area contributed by atoms with Crippen LogP contribution in [0.15, 0.2) is 48.8 Å². The first-order valence-electron chi connectivity index (χ1n) is 10.9. The van der Waals surface area contributed by atoms with E-state index in [2.05, 4.69) is 92.0 Å². The lowest BCUT2D eigenvalue weighted by Gasteiger charge is -2.61. The molecule has 0 aliphatic heterocycles. The van der Waals surface area contributed by atoms with Gasteiger partial charge in [0.2, 0.25) is 0 Å². The first-order valence-corrected chi connectivity index (χ1v) is 16.8. The molecule has 0 saturated carbocycles. The van der Waals surface area contributed by atoms with E-state index in [9.17, 15) is 0 Å². The maximum atomic E-state index is 5.56. The van der Waals surface area contributed by atoms with Crippen LogP contribution in [0.1, 0.15) is 65.0 Å². The summed E-state index contributed by atoms with van der Waals surface area (Å²) in [5, 5.41) is 0.289. The summed E-state index contributed by atoms with van der Waals surface area (Å²) in [6.07, 6.45) is 3.73. The topological polar surface area (TPSA) is 54.0 Å². The Bertz CT molecular complexity index is 724. The SMILES string of the molecule is CC(C)(C)[Si](C)(C)[N-]C(c1ccccn1)C([N-][Si](C)(C)C(C)(C)C)c1ccccn1. The standard InChI is InChI=1S/C24H40N4Si2/c1-23(2,3)29(7,8)27-21(19-15-11-13-17-25-19)22(20-16-12-14-18-26-20)28-30(9,10)24(4,5)6/h11-18,21-22H,1-10H3/q-2. The molecule has 4 nitrogen and oxygen atoms in total. The van der Waals surface area contributed by atoms with Gasteiger partial charge in [-0.15, -0.1) is 12.1 Å². The van der Waals surface area contributed by atoms with E-state index in [-0.39, 0.29) is 22.2 Å². The van der Waals surface area contributed by atoms with Crippen molar-refractivity contribution in [2.24, 2.45) is 0 Å². The zero-order chi connectivity index (χ0) is 22.8. The second kappa shape index (κ2) is 9.03. The van der Waals surface area contributed by atoms with Crippen LogP contribution in [0.25, 0.3) is 9.96 Å². The molecule has 0 saturated heterocycles. The molecule has 30 heavy (non-hydrogen) atoms. The molecule has 2 aromatic heterocycles. The zero-order valence-corrected chi connectivity index (χ0v) is 22.6. The monoisotopic (exact) mass is 440 g/mol. The van der Waals surface area contributed by atoms with E-state index in [4.69, 9.17) is 19.9 Å². The summed E-state index contributed by atoms with van der Waals surface area (Å²) >= 11 is 0. The Morgan fingerprint density at radius 3 is 1.20 bits per heavy atom. The molecule has 0 aliphatic carbocycles. The van der Waals surface area contributed by atoms with Gasteiger partial charge in [-0.3, -0.25) is 9.97 Å². The second-order valence-corrected chi connectivity index (χ2v) is 21.0. The van der Waals surface area contributed by atoms with Gasteiger partial charge in [0.05, 0.1) is 0 Å². The van der Waals surface area contributed by atoms with Gasteiger partial charge in [0.15, 0.2) is 0 Å². The van der Waals surface area contributed by atoms with Gasteiger partial charge in [0.25, 0.3) is 0 Å². The zero-order valence-electron chi connectivity index (χ0n) is 20.6. The van der Waals surface area contributed by atoms with Crippen molar-refractivity contribution in [3.05, 3.63) is 70.1 Å². The molecule has 0 fully saturated rings. The Morgan fingerprint density at radius 1 is 0.633 bits per heavy atom. The van der Waals surface area contributed by atoms with Gasteiger partial charge >= 0.3 is 0 Å². The van der Waals surface area contributed by atoms with Crippen molar-refractivity contribution in [1.29, 1.82) is 0 Å². The summed E-state index contributed by atoms with van der Waals surface area (Å²) in [6.45, 7) is 23.2. The van der Waals surface area contributed by atoms with Crippen molar-refractivity contribution in [3.63, 3.8) is 0 Å². The lowest BCUT2D eigenvalue weighted by Crippen LogP contribution is -2.41. The van der Waals surface area contributed by atoms with E-state index in [0.29, 0.717) is 0 Å². The van der Waals surface area contributed by atoms with Crippen molar-refractivity contribution in [2.45, 2.75) is 89.9 Å². The van der Waals surface area contributed by atoms with Crippen LogP contribution in [0.2, 0.25) is 36.3 Å². The molecule has 166 valence electrons. The highest BCUT2D eigenvalue weighted by atomic mass is 28.3. The average molecular weight is 441 g/mol. The van der Waals surface area contributed by atoms with Gasteiger partial charge < -0.3 is 9.96 Å². The van der Waals surface area contributed by atoms with Crippen LogP contribution < -0.4 is 0 Å². The molecule has 0 aromatic carbocycles. The van der Waals surface area contributed by atoms with E-state index in [1.165, 1.54) is 0 Å². The fraction of sp³-hybridized carbons (Fsp3) is 0.583. The maximum Gasteiger partial charge on any atom is 0.0270 e. The third kappa shape index (κ3) is 5.87. The number of rotatable bonds is 7. The third-order valence-electron chi connectivity index (χ3n) is 6.88. The highest BCUT2D eigenvalue weighted by Crippen LogP contribution is 2.52. The van der Waals surface area contributed by atoms with Crippen molar-refractivity contribution in [2.75, 3.05) is 0 Å². The Kier molecular flexibility index (Phi) is 7.50. The fourth-order valence-corrected chi connectivity index (χ4v) is 5.49. The third-order valence-corrected chi connectivity index (χ3v) is 16.1. The van der Waals surface area contributed by atoms with Crippen LogP contribution in [0.5, 0.6) is 0 Å². The molecule has 0 amide bonds. The molecule has 2 heterocycles. The van der Waals surface area contributed by atoms with Crippen molar-refractivity contribution < 1.29 is 0 Å². The van der Waals surface area contributed by atoms with Gasteiger partial charge in [0, 0.05) is 23.8 Å². The van der Waals surface area contributed by atoms with Gasteiger partial charge in [-0.05, 0) is 24.3 Å². The Labute approximate surface area is 186 Å². The summed E-state index contributed by atoms with van der Waals surface area (Å²) in [6, 6.07) is 12.0. The van der Waals surface area contributed by atoms with E-state index < -0.39 is 16.5 Å². The average Bonchev–Trinajstić information content (AvgIpc) is 2.64. The number of hydrogen-bond acceptors (Lipinski definition) is 2. The van der Waals surface area contributed by atoms with Crippen LogP contribution in [0.4, 0.5) is 0 Å². The molecule has 2 rings (SSSR count). The summed E-state index contributed by atoms with van der Waals surface area (Å²) < 4.78 is 0. The molecule has 0 bridgehead atoms. The molecular formula is C24H40N4Si2-2. The molecule has 2 atom stereocenters. The second-order valence-electron chi connectivity index (χ2n) is 11.3. The first kappa shape index (κ1) is 24.9. The van der Waals surface area contributed by atoms with Crippen molar-refractivity contribution >= 4 is 16.5 Å². The molecule has 0 aliphatic rings. The van der Waals surface area contributed by atoms with Crippen LogP contribution >= 0.6 is 0 Å². The molecule has 0 radical (unpaired) electrons. The largest absolute Gasteiger partial charge is 0.657 e. The van der Waals surface area contributed by atoms with Crippen molar-refractivity contribution in [1.82, 2.24) is 9.97 Å². The van der Waals surface area contributed by atoms with Crippen LogP contribution in [-0.4, -0.2) is 26.4 Å². The maximum absolute atomic E-state index is 5.56. The van der Waals surface area contributed by atoms with E-state index in [1.54, 1.807) is 0 Å². The Morgan fingerprint density at radius 2 is 0.967 bits per heavy atom. The Hall–Kier alpha value is -1.35. The first-order chi connectivity index (χ1) is 13.7. The van der Waals surface area contributed by atoms with E-state index >= 15 is 0 Å². The van der Waals surface area contributed by atoms with Gasteiger partial charge in [0.1, 0.15) is 0 Å². The number of aromatic nitrogens is 2. The van der Waals surface area contributed by atoms with E-state index in [0.717, 1.165) is 11.4 Å². The molecule has 0 spiro atoms. The minimum absolute atomic E-state index is 0.129. The molecule has 2 unspecified atom stereocenters. The lowest BCUT2D eigenvalue weighted by atomic mass is 10.0. The Balaban J connectivity index is 2.61. The van der Waals surface area contributed by atoms with Gasteiger partial charge in [-0.25, -0.2) is 0 Å². The van der Waals surface area contributed by atoms with Crippen molar-refractivity contribution in [3.8, 4) is 0 Å². The summed E-state index contributed by atoms with van der Waals surface area (Å²) in [5.41, 5.74) is 1.97. The molecule has 2 aromatic rings.